The normalized spacial score (nSPS) is 24.8. The van der Waals surface area contributed by atoms with E-state index in [0.717, 1.165) is 32.8 Å². The molecule has 1 aliphatic carbocycles. The van der Waals surface area contributed by atoms with Gasteiger partial charge in [0, 0.05) is 30.4 Å². The van der Waals surface area contributed by atoms with E-state index in [-0.39, 0.29) is 0 Å². The van der Waals surface area contributed by atoms with E-state index in [4.69, 9.17) is 15.5 Å². The second-order valence-electron chi connectivity index (χ2n) is 4.73. The highest BCUT2D eigenvalue weighted by Gasteiger charge is 2.25. The van der Waals surface area contributed by atoms with Gasteiger partial charge >= 0.3 is 0 Å². The fraction of sp³-hybridized carbons (Fsp3) is 0.750. The first-order chi connectivity index (χ1) is 8.38. The molecule has 1 aromatic rings. The fourth-order valence-corrected chi connectivity index (χ4v) is 3.85. The Hall–Kier alpha value is -0.650. The van der Waals surface area contributed by atoms with Crippen molar-refractivity contribution in [1.29, 1.82) is 0 Å². The number of anilines is 1. The molecule has 1 saturated heterocycles. The number of aryl methyl sites for hydroxylation is 1. The van der Waals surface area contributed by atoms with E-state index in [1.807, 2.05) is 11.3 Å². The molecule has 1 atom stereocenters. The molecule has 0 saturated carbocycles. The van der Waals surface area contributed by atoms with Crippen molar-refractivity contribution in [1.82, 2.24) is 4.98 Å². The molecule has 3 rings (SSSR count). The molecular weight excluding hydrogens is 234 g/mol. The SMILES string of the molecule is NCC1CCCc2sc(N3CCOCC3)nc21. The van der Waals surface area contributed by atoms with E-state index in [1.54, 1.807) is 0 Å². The van der Waals surface area contributed by atoms with Crippen molar-refractivity contribution in [3.63, 3.8) is 0 Å². The zero-order valence-electron chi connectivity index (χ0n) is 10.0. The average Bonchev–Trinajstić information content (AvgIpc) is 2.83. The van der Waals surface area contributed by atoms with Crippen molar-refractivity contribution >= 4 is 16.5 Å². The molecule has 2 heterocycles. The van der Waals surface area contributed by atoms with Crippen LogP contribution < -0.4 is 10.6 Å². The first-order valence-electron chi connectivity index (χ1n) is 6.41. The molecular formula is C12H19N3OS. The van der Waals surface area contributed by atoms with Crippen molar-refractivity contribution in [2.75, 3.05) is 37.7 Å². The summed E-state index contributed by atoms with van der Waals surface area (Å²) in [5.74, 6) is 0.491. The van der Waals surface area contributed by atoms with Crippen LogP contribution in [0.25, 0.3) is 0 Å². The summed E-state index contributed by atoms with van der Waals surface area (Å²) >= 11 is 1.86. The first kappa shape index (κ1) is 11.4. The number of fused-ring (bicyclic) bond motifs is 1. The molecule has 0 amide bonds. The van der Waals surface area contributed by atoms with Crippen LogP contribution in [0.4, 0.5) is 5.13 Å². The summed E-state index contributed by atoms with van der Waals surface area (Å²) in [5, 5.41) is 1.18. The van der Waals surface area contributed by atoms with Crippen LogP contribution in [0.3, 0.4) is 0 Å². The minimum atomic E-state index is 0.491. The Labute approximate surface area is 106 Å². The van der Waals surface area contributed by atoms with Gasteiger partial charge in [0.15, 0.2) is 5.13 Å². The number of thiazole rings is 1. The maximum Gasteiger partial charge on any atom is 0.185 e. The molecule has 94 valence electrons. The predicted octanol–water partition coefficient (Wildman–Crippen LogP) is 1.36. The van der Waals surface area contributed by atoms with Gasteiger partial charge in [-0.1, -0.05) is 0 Å². The number of aromatic nitrogens is 1. The quantitative estimate of drug-likeness (QED) is 0.864. The number of morpholine rings is 1. The smallest absolute Gasteiger partial charge is 0.185 e. The van der Waals surface area contributed by atoms with E-state index in [9.17, 15) is 0 Å². The summed E-state index contributed by atoms with van der Waals surface area (Å²) in [4.78, 5) is 8.65. The Morgan fingerprint density at radius 3 is 3.00 bits per heavy atom. The van der Waals surface area contributed by atoms with Gasteiger partial charge in [0.1, 0.15) is 0 Å². The summed E-state index contributed by atoms with van der Waals surface area (Å²) in [6, 6.07) is 0. The van der Waals surface area contributed by atoms with Gasteiger partial charge in [-0.2, -0.15) is 0 Å². The van der Waals surface area contributed by atoms with Gasteiger partial charge < -0.3 is 15.4 Å². The van der Waals surface area contributed by atoms with Gasteiger partial charge in [0.25, 0.3) is 0 Å². The zero-order valence-corrected chi connectivity index (χ0v) is 10.8. The van der Waals surface area contributed by atoms with Gasteiger partial charge in [0.05, 0.1) is 18.9 Å². The minimum Gasteiger partial charge on any atom is -0.378 e. The van der Waals surface area contributed by atoms with Crippen LogP contribution >= 0.6 is 11.3 Å². The monoisotopic (exact) mass is 253 g/mol. The highest BCUT2D eigenvalue weighted by molar-refractivity contribution is 7.15. The molecule has 1 aliphatic heterocycles. The van der Waals surface area contributed by atoms with E-state index in [0.29, 0.717) is 5.92 Å². The molecule has 0 spiro atoms. The predicted molar refractivity (Wildman–Crippen MR) is 69.9 cm³/mol. The summed E-state index contributed by atoms with van der Waals surface area (Å²) < 4.78 is 5.38. The third-order valence-electron chi connectivity index (χ3n) is 3.63. The third kappa shape index (κ3) is 2.19. The van der Waals surface area contributed by atoms with E-state index in [2.05, 4.69) is 4.90 Å². The van der Waals surface area contributed by atoms with Crippen molar-refractivity contribution in [2.45, 2.75) is 25.2 Å². The van der Waals surface area contributed by atoms with Crippen LogP contribution in [-0.4, -0.2) is 37.8 Å². The molecule has 0 radical (unpaired) electrons. The molecule has 1 aromatic heterocycles. The topological polar surface area (TPSA) is 51.4 Å². The maximum atomic E-state index is 5.84. The molecule has 0 aromatic carbocycles. The Bertz CT molecular complexity index is 387. The van der Waals surface area contributed by atoms with Gasteiger partial charge in [-0.3, -0.25) is 0 Å². The Balaban J connectivity index is 1.84. The second kappa shape index (κ2) is 4.92. The number of rotatable bonds is 2. The summed E-state index contributed by atoms with van der Waals surface area (Å²) in [7, 11) is 0. The van der Waals surface area contributed by atoms with Gasteiger partial charge in [-0.15, -0.1) is 11.3 Å². The summed E-state index contributed by atoms with van der Waals surface area (Å²) in [5.41, 5.74) is 7.12. The number of nitrogens with zero attached hydrogens (tertiary/aromatic N) is 2. The average molecular weight is 253 g/mol. The first-order valence-corrected chi connectivity index (χ1v) is 7.22. The number of ether oxygens (including phenoxy) is 1. The third-order valence-corrected chi connectivity index (χ3v) is 4.82. The lowest BCUT2D eigenvalue weighted by Gasteiger charge is -2.26. The number of hydrogen-bond donors (Lipinski definition) is 1. The van der Waals surface area contributed by atoms with Crippen LogP contribution in [0.2, 0.25) is 0 Å². The second-order valence-corrected chi connectivity index (χ2v) is 5.79. The van der Waals surface area contributed by atoms with Gasteiger partial charge in [0.2, 0.25) is 0 Å². The van der Waals surface area contributed by atoms with Gasteiger partial charge in [-0.05, 0) is 19.3 Å². The molecule has 1 unspecified atom stereocenters. The van der Waals surface area contributed by atoms with E-state index < -0.39 is 0 Å². The van der Waals surface area contributed by atoms with Gasteiger partial charge in [-0.25, -0.2) is 4.98 Å². The largest absolute Gasteiger partial charge is 0.378 e. The molecule has 2 N–H and O–H groups in total. The number of nitrogens with two attached hydrogens (primary N) is 1. The molecule has 2 aliphatic rings. The molecule has 1 fully saturated rings. The molecule has 17 heavy (non-hydrogen) atoms. The lowest BCUT2D eigenvalue weighted by molar-refractivity contribution is 0.122. The molecule has 0 bridgehead atoms. The van der Waals surface area contributed by atoms with Crippen LogP contribution in [0.15, 0.2) is 0 Å². The summed E-state index contributed by atoms with van der Waals surface area (Å²) in [6.07, 6.45) is 3.66. The standard InChI is InChI=1S/C12H19N3OS/c13-8-9-2-1-3-10-11(9)14-12(17-10)15-4-6-16-7-5-15/h9H,1-8,13H2. The van der Waals surface area contributed by atoms with E-state index in [1.165, 1.54) is 35.0 Å². The Morgan fingerprint density at radius 1 is 1.41 bits per heavy atom. The zero-order chi connectivity index (χ0) is 11.7. The lowest BCUT2D eigenvalue weighted by atomic mass is 9.91. The van der Waals surface area contributed by atoms with Crippen LogP contribution in [-0.2, 0) is 11.2 Å². The van der Waals surface area contributed by atoms with Crippen molar-refractivity contribution in [3.8, 4) is 0 Å². The maximum absolute atomic E-state index is 5.84. The summed E-state index contributed by atoms with van der Waals surface area (Å²) in [6.45, 7) is 4.33. The molecule has 4 nitrogen and oxygen atoms in total. The minimum absolute atomic E-state index is 0.491. The van der Waals surface area contributed by atoms with Crippen molar-refractivity contribution in [2.24, 2.45) is 5.73 Å². The molecule has 5 heteroatoms. The van der Waals surface area contributed by atoms with Crippen LogP contribution in [0.5, 0.6) is 0 Å². The van der Waals surface area contributed by atoms with E-state index >= 15 is 0 Å². The van der Waals surface area contributed by atoms with Crippen LogP contribution in [0.1, 0.15) is 29.3 Å². The number of hydrogen-bond acceptors (Lipinski definition) is 5. The van der Waals surface area contributed by atoms with Crippen LogP contribution in [0, 0.1) is 0 Å². The fourth-order valence-electron chi connectivity index (χ4n) is 2.61. The van der Waals surface area contributed by atoms with Crippen molar-refractivity contribution in [3.05, 3.63) is 10.6 Å². The lowest BCUT2D eigenvalue weighted by Crippen LogP contribution is -2.36. The Kier molecular flexibility index (Phi) is 3.31. The highest BCUT2D eigenvalue weighted by atomic mass is 32.1. The van der Waals surface area contributed by atoms with Crippen molar-refractivity contribution < 1.29 is 4.74 Å². The Morgan fingerprint density at radius 2 is 2.24 bits per heavy atom. The highest BCUT2D eigenvalue weighted by Crippen LogP contribution is 2.37.